The van der Waals surface area contributed by atoms with E-state index in [0.717, 1.165) is 5.56 Å². The fourth-order valence-electron chi connectivity index (χ4n) is 4.64. The Labute approximate surface area is 201 Å². The predicted molar refractivity (Wildman–Crippen MR) is 120 cm³/mol. The van der Waals surface area contributed by atoms with E-state index in [1.54, 1.807) is 24.0 Å². The lowest BCUT2D eigenvalue weighted by Gasteiger charge is -2.43. The van der Waals surface area contributed by atoms with Gasteiger partial charge in [-0.05, 0) is 35.5 Å². The summed E-state index contributed by atoms with van der Waals surface area (Å²) in [7, 11) is -3.11. The number of rotatable bonds is 7. The van der Waals surface area contributed by atoms with Crippen molar-refractivity contribution in [3.63, 3.8) is 0 Å². The molecule has 2 fully saturated rings. The zero-order chi connectivity index (χ0) is 25.2. The summed E-state index contributed by atoms with van der Waals surface area (Å²) in [6, 6.07) is 6.44. The second-order valence-electron chi connectivity index (χ2n) is 9.00. The maximum Gasteiger partial charge on any atom is 0.393 e. The van der Waals surface area contributed by atoms with Gasteiger partial charge in [-0.2, -0.15) is 18.2 Å². The average Bonchev–Trinajstić information content (AvgIpc) is 3.27. The summed E-state index contributed by atoms with van der Waals surface area (Å²) in [4.78, 5) is 7.84. The number of nitrogens with zero attached hydrogens (tertiary/aromatic N) is 4. The van der Waals surface area contributed by atoms with Crippen molar-refractivity contribution >= 4 is 9.84 Å². The minimum Gasteiger partial charge on any atom is -0.462 e. The van der Waals surface area contributed by atoms with Crippen LogP contribution in [0.25, 0.3) is 0 Å². The van der Waals surface area contributed by atoms with E-state index >= 15 is 0 Å². The van der Waals surface area contributed by atoms with Crippen LogP contribution in [0.1, 0.15) is 42.2 Å². The molecule has 0 bridgehead atoms. The summed E-state index contributed by atoms with van der Waals surface area (Å²) in [6.45, 7) is 3.44. The van der Waals surface area contributed by atoms with E-state index in [-0.39, 0.29) is 48.0 Å². The molecule has 0 aliphatic carbocycles. The Kier molecular flexibility index (Phi) is 7.69. The highest BCUT2D eigenvalue weighted by molar-refractivity contribution is 7.91. The van der Waals surface area contributed by atoms with Gasteiger partial charge < -0.3 is 14.4 Å². The maximum absolute atomic E-state index is 12.7. The van der Waals surface area contributed by atoms with Gasteiger partial charge in [0, 0.05) is 26.2 Å². The largest absolute Gasteiger partial charge is 0.462 e. The van der Waals surface area contributed by atoms with Gasteiger partial charge >= 0.3 is 12.2 Å². The van der Waals surface area contributed by atoms with Gasteiger partial charge in [-0.15, -0.1) is 0 Å². The Morgan fingerprint density at radius 2 is 1.80 bits per heavy atom. The van der Waals surface area contributed by atoms with Crippen molar-refractivity contribution in [3.8, 4) is 6.01 Å². The van der Waals surface area contributed by atoms with Gasteiger partial charge in [-0.1, -0.05) is 24.3 Å². The van der Waals surface area contributed by atoms with Crippen LogP contribution in [0.2, 0.25) is 0 Å². The number of likely N-dealkylation sites (tertiary alicyclic amines) is 1. The Balaban J connectivity index is 1.54. The molecular formula is C22H29F3N4O5S. The van der Waals surface area contributed by atoms with Crippen LogP contribution in [-0.4, -0.2) is 90.3 Å². The predicted octanol–water partition coefficient (Wildman–Crippen LogP) is 2.15. The van der Waals surface area contributed by atoms with Crippen LogP contribution in [-0.2, 0) is 16.3 Å². The zero-order valence-electron chi connectivity index (χ0n) is 19.3. The van der Waals surface area contributed by atoms with Crippen LogP contribution in [0.15, 0.2) is 28.8 Å². The molecule has 4 rings (SSSR count). The van der Waals surface area contributed by atoms with E-state index < -0.39 is 28.8 Å². The minimum absolute atomic E-state index is 0.0210. The van der Waals surface area contributed by atoms with Gasteiger partial charge in [0.15, 0.2) is 16.2 Å². The third kappa shape index (κ3) is 6.72. The van der Waals surface area contributed by atoms with E-state index in [4.69, 9.17) is 9.26 Å². The van der Waals surface area contributed by atoms with Gasteiger partial charge in [0.2, 0.25) is 5.89 Å². The monoisotopic (exact) mass is 518 g/mol. The lowest BCUT2D eigenvalue weighted by molar-refractivity contribution is -0.127. The fraction of sp³-hybridized carbons (Fsp3) is 0.636. The molecule has 2 aliphatic heterocycles. The van der Waals surface area contributed by atoms with Crippen LogP contribution in [0.3, 0.4) is 0 Å². The number of halogens is 3. The molecule has 2 aromatic rings. The quantitative estimate of drug-likeness (QED) is 0.590. The topological polar surface area (TPSA) is 109 Å². The van der Waals surface area contributed by atoms with E-state index in [0.29, 0.717) is 32.0 Å². The van der Waals surface area contributed by atoms with Crippen LogP contribution in [0.5, 0.6) is 6.01 Å². The normalized spacial score (nSPS) is 24.8. The first kappa shape index (κ1) is 25.9. The van der Waals surface area contributed by atoms with E-state index in [2.05, 4.69) is 10.1 Å². The molecule has 1 aromatic heterocycles. The van der Waals surface area contributed by atoms with Crippen molar-refractivity contribution < 1.29 is 36.0 Å². The van der Waals surface area contributed by atoms with Crippen molar-refractivity contribution in [1.82, 2.24) is 19.9 Å². The van der Waals surface area contributed by atoms with Gasteiger partial charge in [0.05, 0.1) is 30.5 Å². The van der Waals surface area contributed by atoms with Gasteiger partial charge in [-0.25, -0.2) is 8.42 Å². The summed E-state index contributed by atoms with van der Waals surface area (Å²) >= 11 is 0. The number of hydrogen-bond donors (Lipinski definition) is 1. The highest BCUT2D eigenvalue weighted by Crippen LogP contribution is 2.37. The molecule has 3 heterocycles. The van der Waals surface area contributed by atoms with Crippen LogP contribution in [0, 0.1) is 0 Å². The number of aliphatic hydroxyl groups is 1. The molecule has 35 heavy (non-hydrogen) atoms. The van der Waals surface area contributed by atoms with E-state index in [9.17, 15) is 26.7 Å². The first-order chi connectivity index (χ1) is 16.5. The summed E-state index contributed by atoms with van der Waals surface area (Å²) < 4.78 is 72.6. The maximum atomic E-state index is 12.7. The van der Waals surface area contributed by atoms with Gasteiger partial charge in [0.25, 0.3) is 0 Å². The van der Waals surface area contributed by atoms with Gasteiger partial charge in [0.1, 0.15) is 0 Å². The first-order valence-corrected chi connectivity index (χ1v) is 13.3. The molecule has 194 valence electrons. The number of hydrogen-bond acceptors (Lipinski definition) is 9. The molecule has 0 saturated carbocycles. The fourth-order valence-corrected chi connectivity index (χ4v) is 5.87. The van der Waals surface area contributed by atoms with Crippen LogP contribution < -0.4 is 4.74 Å². The molecular weight excluding hydrogens is 489 g/mol. The zero-order valence-corrected chi connectivity index (χ0v) is 20.1. The summed E-state index contributed by atoms with van der Waals surface area (Å²) in [6.07, 6.45) is -5.71. The van der Waals surface area contributed by atoms with Gasteiger partial charge in [-0.3, -0.25) is 9.80 Å². The molecule has 13 heteroatoms. The molecule has 1 aromatic carbocycles. The molecule has 3 unspecified atom stereocenters. The van der Waals surface area contributed by atoms with Crippen LogP contribution in [0.4, 0.5) is 13.2 Å². The second-order valence-corrected chi connectivity index (χ2v) is 11.3. The summed E-state index contributed by atoms with van der Waals surface area (Å²) in [5.41, 5.74) is 1.02. The van der Waals surface area contributed by atoms with Crippen molar-refractivity contribution in [2.24, 2.45) is 0 Å². The number of aliphatic hydroxyl groups excluding tert-OH is 1. The smallest absolute Gasteiger partial charge is 0.393 e. The number of aromatic nitrogens is 2. The van der Waals surface area contributed by atoms with Crippen molar-refractivity contribution in [3.05, 3.63) is 41.3 Å². The molecule has 9 nitrogen and oxygen atoms in total. The number of alkyl halides is 3. The average molecular weight is 519 g/mol. The molecule has 0 spiro atoms. The highest BCUT2D eigenvalue weighted by atomic mass is 32.2. The summed E-state index contributed by atoms with van der Waals surface area (Å²) in [5.74, 6) is -0.0716. The SMILES string of the molecule is CCOc1noc(C2CC(c3ccc(CC(F)(F)F)cc3)CN(C(O)N3CCS(=O)(=O)CC3)C2)n1. The second kappa shape index (κ2) is 10.4. The highest BCUT2D eigenvalue weighted by Gasteiger charge is 2.38. The lowest BCUT2D eigenvalue weighted by atomic mass is 9.84. The molecule has 2 saturated heterocycles. The third-order valence-electron chi connectivity index (χ3n) is 6.41. The first-order valence-electron chi connectivity index (χ1n) is 11.5. The third-order valence-corrected chi connectivity index (χ3v) is 8.02. The number of piperidine rings is 1. The Hall–Kier alpha value is -2.22. The summed E-state index contributed by atoms with van der Waals surface area (Å²) in [5, 5.41) is 14.9. The van der Waals surface area contributed by atoms with Crippen molar-refractivity contribution in [2.45, 2.75) is 44.1 Å². The van der Waals surface area contributed by atoms with Crippen LogP contribution >= 0.6 is 0 Å². The number of ether oxygens (including phenoxy) is 1. The Morgan fingerprint density at radius 3 is 2.43 bits per heavy atom. The standard InChI is InChI=1S/C22H29F3N4O5S/c1-2-33-20-26-19(34-27-20)18-11-17(16-5-3-15(4-6-16)12-22(23,24)25)13-29(14-18)21(30)28-7-9-35(31,32)10-8-28/h3-6,17-18,21,30H,2,7-14H2,1H3. The Morgan fingerprint density at radius 1 is 1.14 bits per heavy atom. The van der Waals surface area contributed by atoms with E-state index in [1.165, 1.54) is 12.1 Å². The molecule has 1 N–H and O–H groups in total. The Bertz CT molecular complexity index is 1080. The number of sulfone groups is 1. The number of benzene rings is 1. The molecule has 3 atom stereocenters. The minimum atomic E-state index is -4.28. The lowest BCUT2D eigenvalue weighted by Crippen LogP contribution is -2.56. The van der Waals surface area contributed by atoms with Crippen molar-refractivity contribution in [2.75, 3.05) is 44.3 Å². The van der Waals surface area contributed by atoms with E-state index in [1.807, 2.05) is 4.90 Å². The molecule has 0 amide bonds. The van der Waals surface area contributed by atoms with Crippen molar-refractivity contribution in [1.29, 1.82) is 0 Å². The molecule has 2 aliphatic rings. The molecule has 0 radical (unpaired) electrons.